The van der Waals surface area contributed by atoms with E-state index in [2.05, 4.69) is 0 Å². The van der Waals surface area contributed by atoms with E-state index >= 15 is 0 Å². The average molecular weight is 284 g/mol. The second kappa shape index (κ2) is 6.60. The van der Waals surface area contributed by atoms with Crippen LogP contribution in [0.25, 0.3) is 0 Å². The molecular weight excluding hydrogens is 264 g/mol. The fourth-order valence-electron chi connectivity index (χ4n) is 1.79. The first-order valence-electron chi connectivity index (χ1n) is 5.63. The molecule has 4 N–H and O–H groups in total. The Morgan fingerprint density at radius 3 is 2.00 bits per heavy atom. The van der Waals surface area contributed by atoms with Crippen molar-refractivity contribution in [1.82, 2.24) is 0 Å². The summed E-state index contributed by atoms with van der Waals surface area (Å²) in [5, 5.41) is 38.7. The molecule has 5 nitrogen and oxygen atoms in total. The van der Waals surface area contributed by atoms with Crippen molar-refractivity contribution in [3.8, 4) is 0 Å². The zero-order valence-corrected chi connectivity index (χ0v) is 11.6. The highest BCUT2D eigenvalue weighted by molar-refractivity contribution is 8.18. The van der Waals surface area contributed by atoms with Crippen LogP contribution < -0.4 is 0 Å². The first-order chi connectivity index (χ1) is 8.02. The summed E-state index contributed by atoms with van der Waals surface area (Å²) >= 11 is 2.73. The second-order valence-electron chi connectivity index (χ2n) is 3.73. The van der Waals surface area contributed by atoms with E-state index in [1.807, 2.05) is 13.8 Å². The van der Waals surface area contributed by atoms with E-state index < -0.39 is 28.7 Å². The van der Waals surface area contributed by atoms with Crippen LogP contribution >= 0.6 is 23.5 Å². The molecule has 1 aliphatic rings. The van der Waals surface area contributed by atoms with Crippen molar-refractivity contribution in [3.63, 3.8) is 0 Å². The lowest BCUT2D eigenvalue weighted by Gasteiger charge is -2.47. The normalized spacial score (nSPS) is 37.1. The van der Waals surface area contributed by atoms with Gasteiger partial charge in [0.25, 0.3) is 0 Å². The Hall–Kier alpha value is 0.500. The van der Waals surface area contributed by atoms with Crippen LogP contribution in [0.2, 0.25) is 0 Å². The van der Waals surface area contributed by atoms with Gasteiger partial charge in [0, 0.05) is 0 Å². The molecule has 1 heterocycles. The van der Waals surface area contributed by atoms with Gasteiger partial charge in [0.05, 0.1) is 6.61 Å². The lowest BCUT2D eigenvalue weighted by atomic mass is 10.0. The van der Waals surface area contributed by atoms with Crippen LogP contribution in [0, 0.1) is 0 Å². The summed E-state index contributed by atoms with van der Waals surface area (Å²) in [4.78, 5) is 0. The molecule has 1 fully saturated rings. The van der Waals surface area contributed by atoms with E-state index in [1.165, 1.54) is 23.5 Å². The maximum atomic E-state index is 10.1. The topological polar surface area (TPSA) is 90.2 Å². The van der Waals surface area contributed by atoms with E-state index in [1.54, 1.807) is 0 Å². The Labute approximate surface area is 110 Å². The molecule has 0 aromatic rings. The summed E-state index contributed by atoms with van der Waals surface area (Å²) in [7, 11) is 0. The van der Waals surface area contributed by atoms with Crippen LogP contribution in [0.5, 0.6) is 0 Å². The van der Waals surface area contributed by atoms with Crippen LogP contribution in [0.4, 0.5) is 0 Å². The van der Waals surface area contributed by atoms with E-state index in [4.69, 9.17) is 9.84 Å². The fraction of sp³-hybridized carbons (Fsp3) is 1.00. The molecular formula is C10H20O5S2. The smallest absolute Gasteiger partial charge is 0.189 e. The predicted octanol–water partition coefficient (Wildman–Crippen LogP) is -0.380. The standard InChI is InChI=1S/C10H20O5S2/c1-3-16-10(17-4-2)9(14)8(13)7(12)6(5-11)15-10/h6-9,11-14H,3-5H2,1-2H3/t6?,7-,8+,9?/m1/s1. The van der Waals surface area contributed by atoms with Gasteiger partial charge in [-0.25, -0.2) is 0 Å². The van der Waals surface area contributed by atoms with Crippen molar-refractivity contribution in [2.24, 2.45) is 0 Å². The third kappa shape index (κ3) is 3.09. The summed E-state index contributed by atoms with van der Waals surface area (Å²) in [6, 6.07) is 0. The van der Waals surface area contributed by atoms with Gasteiger partial charge < -0.3 is 25.2 Å². The minimum absolute atomic E-state index is 0.388. The van der Waals surface area contributed by atoms with E-state index in [0.29, 0.717) is 11.5 Å². The highest BCUT2D eigenvalue weighted by atomic mass is 32.2. The van der Waals surface area contributed by atoms with Gasteiger partial charge in [-0.3, -0.25) is 0 Å². The maximum Gasteiger partial charge on any atom is 0.189 e. The lowest BCUT2D eigenvalue weighted by Crippen LogP contribution is -2.62. The van der Waals surface area contributed by atoms with Crippen molar-refractivity contribution in [2.75, 3.05) is 18.1 Å². The summed E-state index contributed by atoms with van der Waals surface area (Å²) in [6.45, 7) is 3.45. The lowest BCUT2D eigenvalue weighted by molar-refractivity contribution is -0.215. The van der Waals surface area contributed by atoms with E-state index in [9.17, 15) is 15.3 Å². The second-order valence-corrected chi connectivity index (χ2v) is 6.94. The third-order valence-electron chi connectivity index (χ3n) is 2.60. The summed E-state index contributed by atoms with van der Waals surface area (Å²) in [5.74, 6) is 1.40. The van der Waals surface area contributed by atoms with Crippen LogP contribution in [0.15, 0.2) is 0 Å². The molecule has 1 saturated heterocycles. The van der Waals surface area contributed by atoms with Crippen LogP contribution in [0.3, 0.4) is 0 Å². The van der Waals surface area contributed by atoms with Crippen molar-refractivity contribution in [2.45, 2.75) is 42.5 Å². The van der Waals surface area contributed by atoms with Gasteiger partial charge in [-0.1, -0.05) is 13.8 Å². The molecule has 1 rings (SSSR count). The molecule has 4 atom stereocenters. The fourth-order valence-corrected chi connectivity index (χ4v) is 4.64. The van der Waals surface area contributed by atoms with Crippen LogP contribution in [-0.4, -0.2) is 67.2 Å². The largest absolute Gasteiger partial charge is 0.394 e. The van der Waals surface area contributed by atoms with Gasteiger partial charge in [0.15, 0.2) is 4.27 Å². The molecule has 0 radical (unpaired) electrons. The monoisotopic (exact) mass is 284 g/mol. The van der Waals surface area contributed by atoms with Gasteiger partial charge in [-0.05, 0) is 11.5 Å². The van der Waals surface area contributed by atoms with Crippen molar-refractivity contribution in [3.05, 3.63) is 0 Å². The van der Waals surface area contributed by atoms with Gasteiger partial charge in [0.2, 0.25) is 0 Å². The van der Waals surface area contributed by atoms with Crippen LogP contribution in [0.1, 0.15) is 13.8 Å². The predicted molar refractivity (Wildman–Crippen MR) is 69.0 cm³/mol. The minimum atomic E-state index is -1.31. The number of aliphatic hydroxyl groups is 4. The summed E-state index contributed by atoms with van der Waals surface area (Å²) in [5.41, 5.74) is 0. The van der Waals surface area contributed by atoms with E-state index in [0.717, 1.165) is 0 Å². The number of aliphatic hydroxyl groups excluding tert-OH is 4. The quantitative estimate of drug-likeness (QED) is 0.512. The zero-order valence-electron chi connectivity index (χ0n) is 9.94. The molecule has 0 amide bonds. The highest BCUT2D eigenvalue weighted by Crippen LogP contribution is 2.46. The minimum Gasteiger partial charge on any atom is -0.394 e. The van der Waals surface area contributed by atoms with Crippen molar-refractivity contribution >= 4 is 23.5 Å². The third-order valence-corrected chi connectivity index (χ3v) is 5.37. The average Bonchev–Trinajstić information content (AvgIpc) is 2.32. The molecule has 0 aromatic heterocycles. The molecule has 0 aromatic carbocycles. The molecule has 2 unspecified atom stereocenters. The van der Waals surface area contributed by atoms with E-state index in [-0.39, 0.29) is 6.61 Å². The van der Waals surface area contributed by atoms with Gasteiger partial charge in [-0.2, -0.15) is 0 Å². The molecule has 0 bridgehead atoms. The number of rotatable bonds is 5. The molecule has 0 saturated carbocycles. The highest BCUT2D eigenvalue weighted by Gasteiger charge is 2.53. The first kappa shape index (κ1) is 15.6. The Bertz CT molecular complexity index is 233. The van der Waals surface area contributed by atoms with Crippen LogP contribution in [-0.2, 0) is 4.74 Å². The number of hydrogen-bond donors (Lipinski definition) is 4. The maximum absolute atomic E-state index is 10.1. The van der Waals surface area contributed by atoms with Gasteiger partial charge in [0.1, 0.15) is 24.4 Å². The van der Waals surface area contributed by atoms with Crippen molar-refractivity contribution in [1.29, 1.82) is 0 Å². The van der Waals surface area contributed by atoms with Gasteiger partial charge >= 0.3 is 0 Å². The Kier molecular flexibility index (Phi) is 6.04. The zero-order chi connectivity index (χ0) is 13.1. The summed E-state index contributed by atoms with van der Waals surface area (Å²) in [6.07, 6.45) is -4.63. The summed E-state index contributed by atoms with van der Waals surface area (Å²) < 4.78 is 4.60. The SMILES string of the molecule is CCSC1(SCC)OC(CO)[C@@H](O)[C@H](O)C1O. The number of hydrogen-bond acceptors (Lipinski definition) is 7. The Balaban J connectivity index is 2.93. The molecule has 0 aliphatic carbocycles. The molecule has 1 aliphatic heterocycles. The molecule has 102 valence electrons. The first-order valence-corrected chi connectivity index (χ1v) is 7.60. The molecule has 0 spiro atoms. The molecule has 7 heteroatoms. The van der Waals surface area contributed by atoms with Gasteiger partial charge in [-0.15, -0.1) is 23.5 Å². The Morgan fingerprint density at radius 2 is 1.59 bits per heavy atom. The Morgan fingerprint density at radius 1 is 1.06 bits per heavy atom. The number of ether oxygens (including phenoxy) is 1. The molecule has 17 heavy (non-hydrogen) atoms. The van der Waals surface area contributed by atoms with Crippen molar-refractivity contribution < 1.29 is 25.2 Å². The number of thioether (sulfide) groups is 2.